The van der Waals surface area contributed by atoms with Crippen LogP contribution in [-0.4, -0.2) is 29.7 Å². The Balaban J connectivity index is 1.43. The number of nitrogens with zero attached hydrogens (tertiary/aromatic N) is 2. The van der Waals surface area contributed by atoms with Crippen LogP contribution in [0.3, 0.4) is 0 Å². The van der Waals surface area contributed by atoms with Gasteiger partial charge in [0.2, 0.25) is 12.6 Å². The van der Waals surface area contributed by atoms with E-state index in [1.165, 1.54) is 0 Å². The molecule has 0 atom stereocenters. The highest BCUT2D eigenvalue weighted by Crippen LogP contribution is 2.35. The molecule has 0 radical (unpaired) electrons. The molecule has 1 aromatic heterocycles. The van der Waals surface area contributed by atoms with Crippen LogP contribution in [0.25, 0.3) is 5.76 Å². The Morgan fingerprint density at radius 2 is 1.72 bits per heavy atom. The van der Waals surface area contributed by atoms with Gasteiger partial charge in [-0.3, -0.25) is 9.78 Å². The first-order valence-electron chi connectivity index (χ1n) is 12.6. The van der Waals surface area contributed by atoms with Crippen LogP contribution in [0.1, 0.15) is 41.4 Å². The fourth-order valence-electron chi connectivity index (χ4n) is 4.20. The predicted octanol–water partition coefficient (Wildman–Crippen LogP) is 7.91. The fourth-order valence-corrected chi connectivity index (χ4v) is 4.33. The monoisotopic (exact) mass is 541 g/mol. The van der Waals surface area contributed by atoms with E-state index >= 15 is 0 Å². The molecule has 4 aromatic rings. The van der Waals surface area contributed by atoms with Crippen molar-refractivity contribution < 1.29 is 19.4 Å². The van der Waals surface area contributed by atoms with Crippen molar-refractivity contribution in [2.75, 3.05) is 24.1 Å². The summed E-state index contributed by atoms with van der Waals surface area (Å²) in [6, 6.07) is 21.8. The first-order valence-corrected chi connectivity index (χ1v) is 13.0. The number of ketones is 1. The minimum absolute atomic E-state index is 0.119. The second-order valence-corrected chi connectivity index (χ2v) is 9.57. The molecule has 39 heavy (non-hydrogen) atoms. The number of aliphatic hydroxyl groups excluding tert-OH is 1. The number of fused-ring (bicyclic) bond motifs is 1. The molecule has 0 saturated carbocycles. The van der Waals surface area contributed by atoms with Crippen molar-refractivity contribution >= 4 is 45.9 Å². The molecular formula is C31H28ClN3O4. The molecule has 1 aliphatic rings. The van der Waals surface area contributed by atoms with E-state index in [1.807, 2.05) is 67.4 Å². The Morgan fingerprint density at radius 1 is 0.974 bits per heavy atom. The largest absolute Gasteiger partial charge is 0.508 e. The summed E-state index contributed by atoms with van der Waals surface area (Å²) in [5.74, 6) is 1.19. The van der Waals surface area contributed by atoms with E-state index in [2.05, 4.69) is 10.3 Å². The van der Waals surface area contributed by atoms with Crippen molar-refractivity contribution in [2.24, 2.45) is 0 Å². The number of hydrogen-bond donors (Lipinski definition) is 2. The summed E-state index contributed by atoms with van der Waals surface area (Å²) in [6.07, 6.45) is 5.04. The van der Waals surface area contributed by atoms with Crippen LogP contribution in [0.4, 0.5) is 22.7 Å². The highest BCUT2D eigenvalue weighted by molar-refractivity contribution is 6.30. The Morgan fingerprint density at radius 3 is 2.46 bits per heavy atom. The summed E-state index contributed by atoms with van der Waals surface area (Å²) in [5, 5.41) is 14.7. The van der Waals surface area contributed by atoms with E-state index in [9.17, 15) is 9.90 Å². The molecular weight excluding hydrogens is 514 g/mol. The number of pyridine rings is 1. The molecule has 0 aliphatic carbocycles. The third-order valence-electron chi connectivity index (χ3n) is 6.36. The summed E-state index contributed by atoms with van der Waals surface area (Å²) in [7, 11) is 1.92. The van der Waals surface area contributed by atoms with Crippen molar-refractivity contribution in [2.45, 2.75) is 19.8 Å². The summed E-state index contributed by atoms with van der Waals surface area (Å²) < 4.78 is 10.9. The molecule has 0 bridgehead atoms. The average molecular weight is 542 g/mol. The zero-order chi connectivity index (χ0) is 27.4. The highest BCUT2D eigenvalue weighted by Gasteiger charge is 2.17. The summed E-state index contributed by atoms with van der Waals surface area (Å²) in [6.45, 7) is 2.22. The molecule has 0 saturated heterocycles. The van der Waals surface area contributed by atoms with E-state index in [0.717, 1.165) is 29.9 Å². The zero-order valence-electron chi connectivity index (χ0n) is 21.6. The minimum Gasteiger partial charge on any atom is -0.508 e. The van der Waals surface area contributed by atoms with E-state index in [-0.39, 0.29) is 18.3 Å². The molecule has 5 rings (SSSR count). The lowest BCUT2D eigenvalue weighted by Gasteiger charge is -2.19. The quantitative estimate of drug-likeness (QED) is 0.164. The van der Waals surface area contributed by atoms with Gasteiger partial charge in [0, 0.05) is 46.3 Å². The lowest BCUT2D eigenvalue weighted by atomic mass is 10.0. The second-order valence-electron chi connectivity index (χ2n) is 9.14. The Bertz CT molecular complexity index is 1520. The minimum atomic E-state index is -0.255. The molecule has 0 unspecified atom stereocenters. The van der Waals surface area contributed by atoms with E-state index in [4.69, 9.17) is 21.1 Å². The highest BCUT2D eigenvalue weighted by atomic mass is 35.5. The fraction of sp³-hybridized carbons (Fsp3) is 0.161. The average Bonchev–Trinajstić information content (AvgIpc) is 3.43. The number of aliphatic hydroxyl groups is 1. The van der Waals surface area contributed by atoms with E-state index in [1.54, 1.807) is 36.5 Å². The van der Waals surface area contributed by atoms with Crippen molar-refractivity contribution in [1.29, 1.82) is 0 Å². The third-order valence-corrected chi connectivity index (χ3v) is 6.61. The number of aromatic nitrogens is 1. The van der Waals surface area contributed by atoms with Crippen LogP contribution < -0.4 is 19.7 Å². The van der Waals surface area contributed by atoms with Gasteiger partial charge in [-0.05, 0) is 79.2 Å². The number of allylic oxidation sites excluding steroid dienone is 1. The maximum absolute atomic E-state index is 13.5. The van der Waals surface area contributed by atoms with Crippen LogP contribution in [0.2, 0.25) is 5.02 Å². The molecule has 0 fully saturated rings. The molecule has 0 amide bonds. The normalized spacial score (nSPS) is 12.3. The second kappa shape index (κ2) is 11.5. The molecule has 1 aliphatic heterocycles. The number of anilines is 4. The number of unbranched alkanes of at least 4 members (excludes halogenated alkanes) is 1. The Kier molecular flexibility index (Phi) is 7.70. The lowest BCUT2D eigenvalue weighted by Crippen LogP contribution is -2.11. The SMILES string of the molecule is CCC/C=C(\O)c1cc(Nc2ccc3c(c2)OCO3)cc(C(=O)c2ccc(N(C)c3ccc(Cl)cc3)cn2)c1. The molecule has 198 valence electrons. The molecule has 2 N–H and O–H groups in total. The van der Waals surface area contributed by atoms with E-state index < -0.39 is 0 Å². The molecule has 8 heteroatoms. The number of carbonyl (C=O) groups excluding carboxylic acids is 1. The van der Waals surface area contributed by atoms with Crippen LogP contribution >= 0.6 is 11.6 Å². The first-order chi connectivity index (χ1) is 18.9. The number of ether oxygens (including phenoxy) is 2. The Hall–Kier alpha value is -4.49. The summed E-state index contributed by atoms with van der Waals surface area (Å²) in [4.78, 5) is 19.9. The van der Waals surface area contributed by atoms with Gasteiger partial charge in [-0.1, -0.05) is 24.9 Å². The van der Waals surface area contributed by atoms with Crippen molar-refractivity contribution in [3.8, 4) is 11.5 Å². The lowest BCUT2D eigenvalue weighted by molar-refractivity contribution is 0.103. The topological polar surface area (TPSA) is 83.9 Å². The number of rotatable bonds is 9. The zero-order valence-corrected chi connectivity index (χ0v) is 22.4. The van der Waals surface area contributed by atoms with Crippen LogP contribution in [0.15, 0.2) is 85.1 Å². The third kappa shape index (κ3) is 5.99. The number of nitrogens with one attached hydrogen (secondary N) is 1. The Labute approximate surface area is 232 Å². The van der Waals surface area contributed by atoms with Gasteiger partial charge in [0.1, 0.15) is 11.5 Å². The van der Waals surface area contributed by atoms with Crippen molar-refractivity contribution in [3.63, 3.8) is 0 Å². The van der Waals surface area contributed by atoms with Gasteiger partial charge >= 0.3 is 0 Å². The molecule has 2 heterocycles. The molecule has 7 nitrogen and oxygen atoms in total. The van der Waals surface area contributed by atoms with Crippen molar-refractivity contribution in [3.05, 3.63) is 107 Å². The predicted molar refractivity (Wildman–Crippen MR) is 155 cm³/mol. The van der Waals surface area contributed by atoms with E-state index in [0.29, 0.717) is 39.0 Å². The summed E-state index contributed by atoms with van der Waals surface area (Å²) in [5.41, 5.74) is 4.42. The number of hydrogen-bond acceptors (Lipinski definition) is 7. The van der Waals surface area contributed by atoms with Gasteiger partial charge in [0.05, 0.1) is 11.9 Å². The van der Waals surface area contributed by atoms with Gasteiger partial charge in [-0.15, -0.1) is 0 Å². The maximum Gasteiger partial charge on any atom is 0.231 e. The molecule has 3 aromatic carbocycles. The number of carbonyl (C=O) groups is 1. The van der Waals surface area contributed by atoms with Crippen molar-refractivity contribution in [1.82, 2.24) is 4.98 Å². The van der Waals surface area contributed by atoms with Gasteiger partial charge in [0.15, 0.2) is 11.5 Å². The van der Waals surface area contributed by atoms with Gasteiger partial charge in [-0.25, -0.2) is 0 Å². The van der Waals surface area contributed by atoms with Crippen LogP contribution in [-0.2, 0) is 0 Å². The van der Waals surface area contributed by atoms with Crippen LogP contribution in [0.5, 0.6) is 11.5 Å². The van der Waals surface area contributed by atoms with Gasteiger partial charge < -0.3 is 24.8 Å². The first kappa shape index (κ1) is 26.1. The number of benzene rings is 3. The smallest absolute Gasteiger partial charge is 0.231 e. The van der Waals surface area contributed by atoms with Gasteiger partial charge in [-0.2, -0.15) is 0 Å². The standard InChI is InChI=1S/C31H28ClN3O4/c1-3-4-5-28(36)20-14-21(16-24(15-20)34-23-8-13-29-30(17-23)39-19-38-29)31(37)27-12-11-26(18-33-27)35(2)25-9-6-22(32)7-10-25/h5-18,34,36H,3-4,19H2,1-2H3/b28-5-. The maximum atomic E-state index is 13.5. The van der Waals surface area contributed by atoms with Crippen LogP contribution in [0, 0.1) is 0 Å². The number of halogens is 1. The summed E-state index contributed by atoms with van der Waals surface area (Å²) >= 11 is 6.01. The van der Waals surface area contributed by atoms with Gasteiger partial charge in [0.25, 0.3) is 0 Å². The molecule has 0 spiro atoms.